The first kappa shape index (κ1) is 12.7. The molecule has 88 valence electrons. The highest BCUT2D eigenvalue weighted by molar-refractivity contribution is 6.01. The number of phenolic OH excluding ortho intramolecular Hbond substituents is 1. The van der Waals surface area contributed by atoms with E-state index < -0.39 is 11.9 Å². The van der Waals surface area contributed by atoms with E-state index in [1.54, 1.807) is 31.2 Å². The van der Waals surface area contributed by atoms with Crippen LogP contribution in [0.2, 0.25) is 0 Å². The molecule has 0 bridgehead atoms. The second kappa shape index (κ2) is 6.27. The molecular weight excluding hydrogens is 220 g/mol. The summed E-state index contributed by atoms with van der Waals surface area (Å²) in [7, 11) is 0. The van der Waals surface area contributed by atoms with E-state index in [4.69, 9.17) is 0 Å². The lowest BCUT2D eigenvalue weighted by Gasteiger charge is -2.01. The minimum absolute atomic E-state index is 0.0414. The molecule has 0 aliphatic rings. The van der Waals surface area contributed by atoms with E-state index in [0.29, 0.717) is 0 Å². The summed E-state index contributed by atoms with van der Waals surface area (Å²) >= 11 is 0. The van der Waals surface area contributed by atoms with Crippen LogP contribution in [0.1, 0.15) is 17.3 Å². The monoisotopic (exact) mass is 232 g/mol. The maximum absolute atomic E-state index is 11.5. The van der Waals surface area contributed by atoms with Gasteiger partial charge < -0.3 is 9.84 Å². The number of rotatable bonds is 3. The number of carbonyl (C=O) groups excluding carboxylic acids is 2. The van der Waals surface area contributed by atoms with Crippen molar-refractivity contribution in [2.75, 3.05) is 0 Å². The number of para-hydroxylation sites is 1. The van der Waals surface area contributed by atoms with Gasteiger partial charge in [0.15, 0.2) is 0 Å². The number of aromatic hydroxyl groups is 1. The van der Waals surface area contributed by atoms with Crippen molar-refractivity contribution in [3.05, 3.63) is 54.1 Å². The van der Waals surface area contributed by atoms with Crippen LogP contribution < -0.4 is 0 Å². The first-order valence-electron chi connectivity index (χ1n) is 4.98. The molecule has 0 aliphatic heterocycles. The van der Waals surface area contributed by atoms with Gasteiger partial charge in [0.25, 0.3) is 0 Å². The van der Waals surface area contributed by atoms with E-state index in [0.717, 1.165) is 6.08 Å². The van der Waals surface area contributed by atoms with Gasteiger partial charge in [-0.2, -0.15) is 0 Å². The van der Waals surface area contributed by atoms with Crippen LogP contribution in [0.3, 0.4) is 0 Å². The quantitative estimate of drug-likeness (QED) is 0.375. The Labute approximate surface area is 98.8 Å². The van der Waals surface area contributed by atoms with E-state index in [1.165, 1.54) is 18.2 Å². The summed E-state index contributed by atoms with van der Waals surface area (Å²) in [5.41, 5.74) is -0.0414. The Morgan fingerprint density at radius 3 is 2.59 bits per heavy atom. The zero-order valence-electron chi connectivity index (χ0n) is 9.29. The third-order valence-electron chi connectivity index (χ3n) is 1.85. The number of phenols is 1. The van der Waals surface area contributed by atoms with Gasteiger partial charge in [0.1, 0.15) is 11.3 Å². The zero-order valence-corrected chi connectivity index (χ0v) is 9.29. The van der Waals surface area contributed by atoms with Crippen LogP contribution in [-0.4, -0.2) is 17.0 Å². The molecule has 0 atom stereocenters. The maximum atomic E-state index is 11.5. The highest BCUT2D eigenvalue weighted by atomic mass is 16.6. The molecule has 0 amide bonds. The molecule has 4 nitrogen and oxygen atoms in total. The molecule has 0 aliphatic carbocycles. The van der Waals surface area contributed by atoms with Crippen LogP contribution in [0, 0.1) is 0 Å². The lowest BCUT2D eigenvalue weighted by Crippen LogP contribution is -2.10. The van der Waals surface area contributed by atoms with Crippen LogP contribution in [0.15, 0.2) is 48.6 Å². The molecule has 17 heavy (non-hydrogen) atoms. The predicted octanol–water partition coefficient (Wildman–Crippen LogP) is 2.21. The number of allylic oxidation sites excluding steroid dienone is 3. The van der Waals surface area contributed by atoms with Gasteiger partial charge in [-0.3, -0.25) is 0 Å². The minimum atomic E-state index is -0.877. The Bertz CT molecular complexity index is 472. The Hall–Kier alpha value is -2.36. The van der Waals surface area contributed by atoms with Gasteiger partial charge in [-0.15, -0.1) is 0 Å². The SMILES string of the molecule is C/C=C/C=C/C(=O)OC(=O)c1ccccc1O. The minimum Gasteiger partial charge on any atom is -0.507 e. The van der Waals surface area contributed by atoms with Crippen LogP contribution in [-0.2, 0) is 9.53 Å². The molecule has 0 radical (unpaired) electrons. The number of ether oxygens (including phenoxy) is 1. The molecule has 0 heterocycles. The third-order valence-corrected chi connectivity index (χ3v) is 1.85. The summed E-state index contributed by atoms with van der Waals surface area (Å²) in [4.78, 5) is 22.6. The normalized spacial score (nSPS) is 10.9. The number of esters is 2. The molecule has 1 aromatic rings. The topological polar surface area (TPSA) is 63.6 Å². The molecule has 0 fully saturated rings. The molecule has 1 aromatic carbocycles. The summed E-state index contributed by atoms with van der Waals surface area (Å²) in [6.45, 7) is 1.79. The summed E-state index contributed by atoms with van der Waals surface area (Å²) in [6.07, 6.45) is 5.94. The van der Waals surface area contributed by atoms with Crippen LogP contribution >= 0.6 is 0 Å². The number of hydrogen-bond acceptors (Lipinski definition) is 4. The van der Waals surface area contributed by atoms with E-state index >= 15 is 0 Å². The molecule has 4 heteroatoms. The van der Waals surface area contributed by atoms with E-state index in [2.05, 4.69) is 4.74 Å². The van der Waals surface area contributed by atoms with Crippen molar-refractivity contribution in [3.8, 4) is 5.75 Å². The van der Waals surface area contributed by atoms with Crippen molar-refractivity contribution in [2.45, 2.75) is 6.92 Å². The second-order valence-corrected chi connectivity index (χ2v) is 3.11. The van der Waals surface area contributed by atoms with E-state index in [1.807, 2.05) is 0 Å². The van der Waals surface area contributed by atoms with E-state index in [-0.39, 0.29) is 11.3 Å². The first-order chi connectivity index (χ1) is 8.15. The average Bonchev–Trinajstić information content (AvgIpc) is 2.29. The standard InChI is InChI=1S/C13H12O4/c1-2-3-4-9-12(15)17-13(16)10-7-5-6-8-11(10)14/h2-9,14H,1H3/b3-2+,9-4+. The largest absolute Gasteiger partial charge is 0.507 e. The third kappa shape index (κ3) is 3.95. The Morgan fingerprint density at radius 2 is 1.94 bits per heavy atom. The molecule has 1 N–H and O–H groups in total. The Morgan fingerprint density at radius 1 is 1.24 bits per heavy atom. The lowest BCUT2D eigenvalue weighted by atomic mass is 10.2. The molecule has 0 saturated carbocycles. The fourth-order valence-corrected chi connectivity index (χ4v) is 1.07. The highest BCUT2D eigenvalue weighted by Crippen LogP contribution is 2.16. The average molecular weight is 232 g/mol. The molecular formula is C13H12O4. The van der Waals surface area contributed by atoms with Crippen molar-refractivity contribution >= 4 is 11.9 Å². The smallest absolute Gasteiger partial charge is 0.349 e. The summed E-state index contributed by atoms with van der Waals surface area (Å²) in [5, 5.41) is 9.37. The molecule has 0 unspecified atom stereocenters. The van der Waals surface area contributed by atoms with Gasteiger partial charge in [-0.1, -0.05) is 30.4 Å². The molecule has 1 rings (SSSR count). The fourth-order valence-electron chi connectivity index (χ4n) is 1.07. The van der Waals surface area contributed by atoms with Gasteiger partial charge >= 0.3 is 11.9 Å². The number of hydrogen-bond donors (Lipinski definition) is 1. The van der Waals surface area contributed by atoms with Crippen molar-refractivity contribution in [1.82, 2.24) is 0 Å². The summed E-state index contributed by atoms with van der Waals surface area (Å²) in [5.74, 6) is -1.88. The zero-order chi connectivity index (χ0) is 12.7. The van der Waals surface area contributed by atoms with Crippen molar-refractivity contribution in [1.29, 1.82) is 0 Å². The van der Waals surface area contributed by atoms with Crippen LogP contribution in [0.5, 0.6) is 5.75 Å². The highest BCUT2D eigenvalue weighted by Gasteiger charge is 2.14. The lowest BCUT2D eigenvalue weighted by molar-refractivity contribution is -0.132. The molecule has 0 saturated heterocycles. The number of benzene rings is 1. The van der Waals surface area contributed by atoms with Crippen molar-refractivity contribution in [3.63, 3.8) is 0 Å². The second-order valence-electron chi connectivity index (χ2n) is 3.11. The fraction of sp³-hybridized carbons (Fsp3) is 0.0769. The molecule has 0 aromatic heterocycles. The Kier molecular flexibility index (Phi) is 4.69. The molecule has 0 spiro atoms. The van der Waals surface area contributed by atoms with Gasteiger partial charge in [-0.25, -0.2) is 9.59 Å². The van der Waals surface area contributed by atoms with Crippen molar-refractivity contribution in [2.24, 2.45) is 0 Å². The predicted molar refractivity (Wildman–Crippen MR) is 62.5 cm³/mol. The van der Waals surface area contributed by atoms with Gasteiger partial charge in [0, 0.05) is 6.08 Å². The van der Waals surface area contributed by atoms with Gasteiger partial charge in [0.05, 0.1) is 0 Å². The number of carbonyl (C=O) groups is 2. The van der Waals surface area contributed by atoms with E-state index in [9.17, 15) is 14.7 Å². The van der Waals surface area contributed by atoms with Crippen LogP contribution in [0.25, 0.3) is 0 Å². The van der Waals surface area contributed by atoms with Crippen LogP contribution in [0.4, 0.5) is 0 Å². The summed E-state index contributed by atoms with van der Waals surface area (Å²) < 4.78 is 4.51. The first-order valence-corrected chi connectivity index (χ1v) is 4.98. The van der Waals surface area contributed by atoms with Gasteiger partial charge in [0.2, 0.25) is 0 Å². The Balaban J connectivity index is 2.67. The van der Waals surface area contributed by atoms with Crippen molar-refractivity contribution < 1.29 is 19.4 Å². The van der Waals surface area contributed by atoms with Gasteiger partial charge in [-0.05, 0) is 19.1 Å². The summed E-state index contributed by atoms with van der Waals surface area (Å²) in [6, 6.07) is 5.85. The maximum Gasteiger partial charge on any atom is 0.349 e.